The number of hydrogen-bond acceptors (Lipinski definition) is 5. The van der Waals surface area contributed by atoms with Gasteiger partial charge in [0.2, 0.25) is 11.8 Å². The Balaban J connectivity index is 1.59. The SMILES string of the molecule is COc1ccccc1CN1C[C@@H]2N(C(=O)NCc3cc(C(F)(F)F)cc(C(F)(F)F)c3)CCC(=O)N2[C@@H](CCCCN(C)C)C1=O. The van der Waals surface area contributed by atoms with E-state index in [1.165, 1.54) is 16.9 Å². The molecule has 2 aromatic rings. The molecule has 15 heteroatoms. The summed E-state index contributed by atoms with van der Waals surface area (Å²) in [6.45, 7) is 0.179. The monoisotopic (exact) mass is 657 g/mol. The number of benzene rings is 2. The number of rotatable bonds is 10. The zero-order valence-electron chi connectivity index (χ0n) is 25.7. The number of urea groups is 1. The lowest BCUT2D eigenvalue weighted by Crippen LogP contribution is -2.71. The van der Waals surface area contributed by atoms with E-state index in [0.29, 0.717) is 36.3 Å². The van der Waals surface area contributed by atoms with Gasteiger partial charge in [-0.25, -0.2) is 4.79 Å². The first-order valence-corrected chi connectivity index (χ1v) is 14.8. The number of halogens is 6. The minimum Gasteiger partial charge on any atom is -0.496 e. The predicted octanol–water partition coefficient (Wildman–Crippen LogP) is 4.95. The summed E-state index contributed by atoms with van der Waals surface area (Å²) in [6.07, 6.45) is -9.34. The van der Waals surface area contributed by atoms with Crippen molar-refractivity contribution in [1.82, 2.24) is 24.9 Å². The molecule has 252 valence electrons. The fraction of sp³-hybridized carbons (Fsp3) is 0.516. The standard InChI is InChI=1S/C31H37F6N5O4/c1-39(2)12-7-6-9-24-28(44)40(18-21-8-4-5-10-25(21)46-3)19-26-41(13-11-27(43)42(24)26)29(45)38-17-20-14-22(30(32,33)34)16-23(15-20)31(35,36)37/h4-5,8,10,14-16,24,26H,6-7,9,11-13,17-19H2,1-3H3,(H,38,45)/t24-,26+/m0/s1. The number of methoxy groups -OCH3 is 1. The number of alkyl halides is 6. The number of nitrogens with one attached hydrogen (secondary N) is 1. The molecule has 2 fully saturated rings. The third-order valence-corrected chi connectivity index (χ3v) is 8.09. The molecular formula is C31H37F6N5O4. The average Bonchev–Trinajstić information content (AvgIpc) is 2.99. The molecule has 2 aliphatic rings. The first-order chi connectivity index (χ1) is 21.6. The van der Waals surface area contributed by atoms with Crippen molar-refractivity contribution in [2.75, 3.05) is 40.8 Å². The van der Waals surface area contributed by atoms with Crippen LogP contribution in [-0.4, -0.2) is 90.5 Å². The first kappa shape index (κ1) is 34.9. The van der Waals surface area contributed by atoms with Crippen LogP contribution >= 0.6 is 0 Å². The van der Waals surface area contributed by atoms with Crippen LogP contribution in [0.2, 0.25) is 0 Å². The van der Waals surface area contributed by atoms with Gasteiger partial charge < -0.3 is 29.7 Å². The van der Waals surface area contributed by atoms with Crippen LogP contribution in [0.15, 0.2) is 42.5 Å². The van der Waals surface area contributed by atoms with Crippen molar-refractivity contribution in [3.05, 3.63) is 64.7 Å². The predicted molar refractivity (Wildman–Crippen MR) is 155 cm³/mol. The van der Waals surface area contributed by atoms with Crippen LogP contribution in [0.1, 0.15) is 47.9 Å². The molecule has 0 aliphatic carbocycles. The van der Waals surface area contributed by atoms with Crippen molar-refractivity contribution in [3.8, 4) is 5.75 Å². The van der Waals surface area contributed by atoms with Gasteiger partial charge in [0.25, 0.3) is 0 Å². The van der Waals surface area contributed by atoms with Crippen molar-refractivity contribution in [2.45, 2.75) is 63.3 Å². The van der Waals surface area contributed by atoms with Gasteiger partial charge in [-0.05, 0) is 69.7 Å². The normalized spacial score (nSPS) is 19.0. The summed E-state index contributed by atoms with van der Waals surface area (Å²) >= 11 is 0. The number of nitrogens with zero attached hydrogens (tertiary/aromatic N) is 4. The van der Waals surface area contributed by atoms with Crippen LogP contribution in [0.25, 0.3) is 0 Å². The van der Waals surface area contributed by atoms with E-state index < -0.39 is 53.8 Å². The van der Waals surface area contributed by atoms with Gasteiger partial charge in [0, 0.05) is 31.6 Å². The lowest BCUT2D eigenvalue weighted by Gasteiger charge is -2.52. The van der Waals surface area contributed by atoms with Gasteiger partial charge in [0.1, 0.15) is 18.0 Å². The number of ether oxygens (including phenoxy) is 1. The van der Waals surface area contributed by atoms with Gasteiger partial charge in [0.15, 0.2) is 0 Å². The van der Waals surface area contributed by atoms with Crippen LogP contribution in [0.4, 0.5) is 31.1 Å². The van der Waals surface area contributed by atoms with E-state index in [4.69, 9.17) is 4.74 Å². The van der Waals surface area contributed by atoms with Gasteiger partial charge in [-0.3, -0.25) is 9.59 Å². The lowest BCUT2D eigenvalue weighted by atomic mass is 9.98. The number of para-hydroxylation sites is 1. The minimum absolute atomic E-state index is 0.0213. The molecule has 2 heterocycles. The van der Waals surface area contributed by atoms with E-state index in [0.717, 1.165) is 13.0 Å². The molecule has 9 nitrogen and oxygen atoms in total. The van der Waals surface area contributed by atoms with E-state index in [9.17, 15) is 40.7 Å². The average molecular weight is 658 g/mol. The van der Waals surface area contributed by atoms with Gasteiger partial charge in [-0.15, -0.1) is 0 Å². The second-order valence-electron chi connectivity index (χ2n) is 11.6. The topological polar surface area (TPSA) is 85.4 Å². The Bertz CT molecular complexity index is 1380. The maximum absolute atomic E-state index is 13.8. The highest BCUT2D eigenvalue weighted by molar-refractivity contribution is 5.91. The van der Waals surface area contributed by atoms with Crippen LogP contribution in [-0.2, 0) is 35.0 Å². The summed E-state index contributed by atoms with van der Waals surface area (Å²) in [6, 6.07) is 6.60. The maximum Gasteiger partial charge on any atom is 0.416 e. The third kappa shape index (κ3) is 8.22. The molecule has 2 aliphatic heterocycles. The van der Waals surface area contributed by atoms with Crippen LogP contribution in [0, 0.1) is 0 Å². The summed E-state index contributed by atoms with van der Waals surface area (Å²) in [5.74, 6) is -0.0511. The summed E-state index contributed by atoms with van der Waals surface area (Å²) in [4.78, 5) is 46.9. The van der Waals surface area contributed by atoms with Gasteiger partial charge >= 0.3 is 18.4 Å². The number of piperazine rings is 1. The Morgan fingerprint density at radius 3 is 2.26 bits per heavy atom. The van der Waals surface area contributed by atoms with Crippen molar-refractivity contribution < 1.29 is 45.5 Å². The summed E-state index contributed by atoms with van der Waals surface area (Å²) in [7, 11) is 5.34. The fourth-order valence-electron chi connectivity index (χ4n) is 5.84. The quantitative estimate of drug-likeness (QED) is 0.289. The Hall–Kier alpha value is -4.01. The number of carbonyl (C=O) groups is 3. The zero-order valence-corrected chi connectivity index (χ0v) is 25.7. The Labute approximate surface area is 263 Å². The van der Waals surface area contributed by atoms with Crippen molar-refractivity contribution in [2.24, 2.45) is 0 Å². The highest BCUT2D eigenvalue weighted by Crippen LogP contribution is 2.36. The number of fused-ring (bicyclic) bond motifs is 1. The molecule has 0 saturated carbocycles. The van der Waals surface area contributed by atoms with Gasteiger partial charge in [0.05, 0.1) is 24.8 Å². The van der Waals surface area contributed by atoms with Crippen molar-refractivity contribution >= 4 is 17.8 Å². The Morgan fingerprint density at radius 1 is 1.00 bits per heavy atom. The number of amides is 4. The first-order valence-electron chi connectivity index (χ1n) is 14.8. The molecule has 0 radical (unpaired) electrons. The van der Waals surface area contributed by atoms with Crippen LogP contribution in [0.5, 0.6) is 5.75 Å². The molecule has 2 atom stereocenters. The van der Waals surface area contributed by atoms with E-state index in [1.54, 1.807) is 29.2 Å². The Kier molecular flexibility index (Phi) is 10.7. The third-order valence-electron chi connectivity index (χ3n) is 8.09. The second kappa shape index (κ2) is 14.2. The molecule has 0 bridgehead atoms. The van der Waals surface area contributed by atoms with Gasteiger partial charge in [-0.2, -0.15) is 26.3 Å². The van der Waals surface area contributed by atoms with E-state index in [-0.39, 0.29) is 43.9 Å². The molecule has 0 unspecified atom stereocenters. The largest absolute Gasteiger partial charge is 0.496 e. The highest BCUT2D eigenvalue weighted by atomic mass is 19.4. The molecular weight excluding hydrogens is 620 g/mol. The molecule has 1 N–H and O–H groups in total. The van der Waals surface area contributed by atoms with E-state index in [2.05, 4.69) is 5.32 Å². The lowest BCUT2D eigenvalue weighted by molar-refractivity contribution is -0.167. The number of hydrogen-bond donors (Lipinski definition) is 1. The molecule has 2 saturated heterocycles. The highest BCUT2D eigenvalue weighted by Gasteiger charge is 2.48. The Morgan fingerprint density at radius 2 is 1.65 bits per heavy atom. The summed E-state index contributed by atoms with van der Waals surface area (Å²) < 4.78 is 85.6. The maximum atomic E-state index is 13.8. The smallest absolute Gasteiger partial charge is 0.416 e. The molecule has 46 heavy (non-hydrogen) atoms. The fourth-order valence-corrected chi connectivity index (χ4v) is 5.84. The van der Waals surface area contributed by atoms with E-state index in [1.807, 2.05) is 19.0 Å². The number of carbonyl (C=O) groups excluding carboxylic acids is 3. The molecule has 4 amide bonds. The second-order valence-corrected chi connectivity index (χ2v) is 11.6. The van der Waals surface area contributed by atoms with Crippen molar-refractivity contribution in [1.29, 1.82) is 0 Å². The number of unbranched alkanes of at least 4 members (excludes halogenated alkanes) is 1. The molecule has 0 spiro atoms. The van der Waals surface area contributed by atoms with Crippen LogP contribution in [0.3, 0.4) is 0 Å². The molecule has 2 aromatic carbocycles. The van der Waals surface area contributed by atoms with Crippen molar-refractivity contribution in [3.63, 3.8) is 0 Å². The zero-order chi connectivity index (χ0) is 33.8. The molecule has 4 rings (SSSR count). The van der Waals surface area contributed by atoms with Crippen LogP contribution < -0.4 is 10.1 Å². The minimum atomic E-state index is -5.03. The summed E-state index contributed by atoms with van der Waals surface area (Å²) in [5.41, 5.74) is -2.66. The molecule has 0 aromatic heterocycles. The summed E-state index contributed by atoms with van der Waals surface area (Å²) in [5, 5.41) is 2.43. The van der Waals surface area contributed by atoms with Gasteiger partial charge in [-0.1, -0.05) is 18.2 Å². The van der Waals surface area contributed by atoms with E-state index >= 15 is 0 Å².